The van der Waals surface area contributed by atoms with Crippen LogP contribution in [0.4, 0.5) is 15.8 Å². The first kappa shape index (κ1) is 13.3. The van der Waals surface area contributed by atoms with Gasteiger partial charge in [0, 0.05) is 12.1 Å². The fourth-order valence-corrected chi connectivity index (χ4v) is 1.98. The molecule has 0 fully saturated rings. The van der Waals surface area contributed by atoms with Crippen molar-refractivity contribution in [1.29, 1.82) is 0 Å². The third-order valence-corrected chi connectivity index (χ3v) is 3.02. The summed E-state index contributed by atoms with van der Waals surface area (Å²) in [5, 5.41) is 5.41. The van der Waals surface area contributed by atoms with Crippen LogP contribution in [0.2, 0.25) is 0 Å². The number of halogens is 1. The number of hydrogen-bond donors (Lipinski definition) is 2. The monoisotopic (exact) mass is 266 g/mol. The molecule has 0 saturated heterocycles. The normalized spacial score (nSPS) is 15.2. The fourth-order valence-electron chi connectivity index (χ4n) is 1.98. The van der Waals surface area contributed by atoms with Gasteiger partial charge in [0.1, 0.15) is 11.9 Å². The van der Waals surface area contributed by atoms with Crippen LogP contribution in [-0.4, -0.2) is 25.0 Å². The van der Waals surface area contributed by atoms with E-state index in [1.54, 1.807) is 6.92 Å². The second kappa shape index (κ2) is 5.26. The van der Waals surface area contributed by atoms with Crippen molar-refractivity contribution in [3.8, 4) is 0 Å². The quantitative estimate of drug-likeness (QED) is 0.817. The Bertz CT molecular complexity index is 531. The molecular weight excluding hydrogens is 251 g/mol. The molecular formula is C13H15FN2O3. The number of amides is 1. The van der Waals surface area contributed by atoms with Gasteiger partial charge in [-0.3, -0.25) is 4.79 Å². The number of benzene rings is 1. The largest absolute Gasteiger partial charge is 0.467 e. The van der Waals surface area contributed by atoms with Crippen molar-refractivity contribution in [2.75, 3.05) is 17.7 Å². The van der Waals surface area contributed by atoms with Crippen LogP contribution >= 0.6 is 0 Å². The van der Waals surface area contributed by atoms with E-state index in [0.29, 0.717) is 18.5 Å². The minimum atomic E-state index is -0.670. The number of rotatable bonds is 3. The summed E-state index contributed by atoms with van der Waals surface area (Å²) < 4.78 is 18.4. The van der Waals surface area contributed by atoms with Gasteiger partial charge in [-0.1, -0.05) is 0 Å². The maximum Gasteiger partial charge on any atom is 0.327 e. The van der Waals surface area contributed by atoms with E-state index in [-0.39, 0.29) is 11.6 Å². The number of carbonyl (C=O) groups is 2. The second-order valence-corrected chi connectivity index (χ2v) is 4.43. The van der Waals surface area contributed by atoms with Crippen molar-refractivity contribution < 1.29 is 18.7 Å². The first-order chi connectivity index (χ1) is 9.01. The predicted octanol–water partition coefficient (Wildman–Crippen LogP) is 1.68. The smallest absolute Gasteiger partial charge is 0.327 e. The van der Waals surface area contributed by atoms with Crippen molar-refractivity contribution in [3.63, 3.8) is 0 Å². The highest BCUT2D eigenvalue weighted by Gasteiger charge is 2.20. The molecule has 19 heavy (non-hydrogen) atoms. The van der Waals surface area contributed by atoms with Gasteiger partial charge in [-0.15, -0.1) is 0 Å². The number of nitrogens with one attached hydrogen (secondary N) is 2. The van der Waals surface area contributed by atoms with Crippen LogP contribution in [0.25, 0.3) is 0 Å². The Morgan fingerprint density at radius 1 is 1.47 bits per heavy atom. The maximum atomic E-state index is 13.9. The van der Waals surface area contributed by atoms with Gasteiger partial charge in [0.15, 0.2) is 0 Å². The van der Waals surface area contributed by atoms with Gasteiger partial charge in [-0.2, -0.15) is 0 Å². The molecule has 1 amide bonds. The molecule has 0 spiro atoms. The Kier molecular flexibility index (Phi) is 3.69. The van der Waals surface area contributed by atoms with Gasteiger partial charge in [0.25, 0.3) is 0 Å². The molecule has 1 aromatic carbocycles. The standard InChI is InChI=1S/C13H15FN2O3/c1-7(13(18)19-2)15-11-6-10-8(5-9(11)14)3-4-12(17)16-10/h5-7,15H,3-4H2,1-2H3,(H,16,17). The summed E-state index contributed by atoms with van der Waals surface area (Å²) >= 11 is 0. The average molecular weight is 266 g/mol. The van der Waals surface area contributed by atoms with Crippen molar-refractivity contribution in [3.05, 3.63) is 23.5 Å². The SMILES string of the molecule is COC(=O)C(C)Nc1cc2c(cc1F)CCC(=O)N2. The van der Waals surface area contributed by atoms with Gasteiger partial charge >= 0.3 is 5.97 Å². The van der Waals surface area contributed by atoms with Crippen LogP contribution in [0.15, 0.2) is 12.1 Å². The van der Waals surface area contributed by atoms with E-state index in [9.17, 15) is 14.0 Å². The van der Waals surface area contributed by atoms with E-state index in [0.717, 1.165) is 5.56 Å². The first-order valence-corrected chi connectivity index (χ1v) is 5.98. The molecule has 1 aliphatic heterocycles. The number of esters is 1. The van der Waals surface area contributed by atoms with Crippen molar-refractivity contribution >= 4 is 23.3 Å². The number of aryl methyl sites for hydroxylation is 1. The molecule has 2 rings (SSSR count). The summed E-state index contributed by atoms with van der Waals surface area (Å²) in [7, 11) is 1.27. The second-order valence-electron chi connectivity index (χ2n) is 4.43. The zero-order valence-electron chi connectivity index (χ0n) is 10.7. The lowest BCUT2D eigenvalue weighted by molar-refractivity contribution is -0.141. The number of ether oxygens (including phenoxy) is 1. The minimum Gasteiger partial charge on any atom is -0.467 e. The number of methoxy groups -OCH3 is 1. The summed E-state index contributed by atoms with van der Waals surface area (Å²) in [6.07, 6.45) is 0.878. The molecule has 0 saturated carbocycles. The molecule has 5 nitrogen and oxygen atoms in total. The van der Waals surface area contributed by atoms with E-state index in [1.165, 1.54) is 19.2 Å². The van der Waals surface area contributed by atoms with Crippen LogP contribution < -0.4 is 10.6 Å². The first-order valence-electron chi connectivity index (χ1n) is 5.98. The van der Waals surface area contributed by atoms with Gasteiger partial charge in [0.2, 0.25) is 5.91 Å². The van der Waals surface area contributed by atoms with Crippen LogP contribution in [0, 0.1) is 5.82 Å². The number of anilines is 2. The number of carbonyl (C=O) groups excluding carboxylic acids is 2. The highest BCUT2D eigenvalue weighted by molar-refractivity contribution is 5.94. The lowest BCUT2D eigenvalue weighted by atomic mass is 10.0. The van der Waals surface area contributed by atoms with Crippen LogP contribution in [0.3, 0.4) is 0 Å². The molecule has 2 N–H and O–H groups in total. The fraction of sp³-hybridized carbons (Fsp3) is 0.385. The highest BCUT2D eigenvalue weighted by Crippen LogP contribution is 2.28. The molecule has 0 radical (unpaired) electrons. The molecule has 1 aliphatic rings. The maximum absolute atomic E-state index is 13.9. The summed E-state index contributed by atoms with van der Waals surface area (Å²) in [5.74, 6) is -1.03. The zero-order chi connectivity index (χ0) is 14.0. The average Bonchev–Trinajstić information content (AvgIpc) is 2.39. The third kappa shape index (κ3) is 2.83. The van der Waals surface area contributed by atoms with E-state index in [4.69, 9.17) is 0 Å². The minimum absolute atomic E-state index is 0.0916. The van der Waals surface area contributed by atoms with Crippen LogP contribution in [-0.2, 0) is 20.7 Å². The Balaban J connectivity index is 2.24. The van der Waals surface area contributed by atoms with Crippen molar-refractivity contribution in [2.24, 2.45) is 0 Å². The molecule has 0 bridgehead atoms. The molecule has 1 atom stereocenters. The third-order valence-electron chi connectivity index (χ3n) is 3.02. The van der Waals surface area contributed by atoms with Crippen molar-refractivity contribution in [1.82, 2.24) is 0 Å². The Morgan fingerprint density at radius 3 is 2.89 bits per heavy atom. The zero-order valence-corrected chi connectivity index (χ0v) is 10.7. The van der Waals surface area contributed by atoms with E-state index in [1.807, 2.05) is 0 Å². The number of fused-ring (bicyclic) bond motifs is 1. The predicted molar refractivity (Wildman–Crippen MR) is 68.5 cm³/mol. The van der Waals surface area contributed by atoms with Gasteiger partial charge < -0.3 is 15.4 Å². The van der Waals surface area contributed by atoms with Crippen LogP contribution in [0.5, 0.6) is 0 Å². The lowest BCUT2D eigenvalue weighted by Crippen LogP contribution is -2.28. The lowest BCUT2D eigenvalue weighted by Gasteiger charge is -2.20. The van der Waals surface area contributed by atoms with Gasteiger partial charge in [-0.05, 0) is 31.0 Å². The molecule has 6 heteroatoms. The van der Waals surface area contributed by atoms with E-state index >= 15 is 0 Å². The Labute approximate surface area is 110 Å². The Hall–Kier alpha value is -2.11. The summed E-state index contributed by atoms with van der Waals surface area (Å²) in [6.45, 7) is 1.57. The molecule has 102 valence electrons. The van der Waals surface area contributed by atoms with Crippen LogP contribution in [0.1, 0.15) is 18.9 Å². The summed E-state index contributed by atoms with van der Waals surface area (Å²) in [5.41, 5.74) is 1.50. The summed E-state index contributed by atoms with van der Waals surface area (Å²) in [4.78, 5) is 22.6. The molecule has 0 aromatic heterocycles. The topological polar surface area (TPSA) is 67.4 Å². The molecule has 0 aliphatic carbocycles. The number of hydrogen-bond acceptors (Lipinski definition) is 4. The molecule has 1 heterocycles. The van der Waals surface area contributed by atoms with E-state index in [2.05, 4.69) is 15.4 Å². The molecule has 1 unspecified atom stereocenters. The highest BCUT2D eigenvalue weighted by atomic mass is 19.1. The van der Waals surface area contributed by atoms with Gasteiger partial charge in [-0.25, -0.2) is 9.18 Å². The van der Waals surface area contributed by atoms with Gasteiger partial charge in [0.05, 0.1) is 12.8 Å². The van der Waals surface area contributed by atoms with Crippen molar-refractivity contribution in [2.45, 2.75) is 25.8 Å². The Morgan fingerprint density at radius 2 is 2.21 bits per heavy atom. The van der Waals surface area contributed by atoms with E-state index < -0.39 is 17.8 Å². The summed E-state index contributed by atoms with van der Waals surface area (Å²) in [6, 6.07) is 2.21. The molecule has 1 aromatic rings.